The highest BCUT2D eigenvalue weighted by atomic mass is 32.1. The number of hydrogen-bond acceptors (Lipinski definition) is 4. The second kappa shape index (κ2) is 9.11. The Morgan fingerprint density at radius 3 is 2.41 bits per heavy atom. The maximum Gasteiger partial charge on any atom is 0.260 e. The van der Waals surface area contributed by atoms with Crippen molar-refractivity contribution < 1.29 is 4.79 Å². The van der Waals surface area contributed by atoms with Crippen molar-refractivity contribution in [3.8, 4) is 0 Å². The van der Waals surface area contributed by atoms with Crippen molar-refractivity contribution in [2.75, 3.05) is 31.1 Å². The van der Waals surface area contributed by atoms with Crippen molar-refractivity contribution in [3.05, 3.63) is 59.7 Å². The Kier molecular flexibility index (Phi) is 6.58. The molecule has 27 heavy (non-hydrogen) atoms. The summed E-state index contributed by atoms with van der Waals surface area (Å²) in [5.41, 5.74) is 2.95. The fourth-order valence-corrected chi connectivity index (χ4v) is 4.15. The number of likely N-dealkylation sites (N-methyl/N-ethyl adjacent to an activating group) is 1. The topological polar surface area (TPSA) is 36.4 Å². The Labute approximate surface area is 165 Å². The minimum Gasteiger partial charge on any atom is -0.302 e. The van der Waals surface area contributed by atoms with Crippen LogP contribution in [-0.2, 0) is 6.42 Å². The molecular formula is C22H27N3OS. The van der Waals surface area contributed by atoms with E-state index >= 15 is 0 Å². The number of carbonyl (C=O) groups excluding carboxylic acids is 1. The van der Waals surface area contributed by atoms with E-state index in [1.807, 2.05) is 35.2 Å². The third-order valence-electron chi connectivity index (χ3n) is 4.88. The Hall–Kier alpha value is -2.24. The van der Waals surface area contributed by atoms with E-state index in [4.69, 9.17) is 4.98 Å². The van der Waals surface area contributed by atoms with Gasteiger partial charge in [-0.3, -0.25) is 9.69 Å². The second-order valence-corrected chi connectivity index (χ2v) is 7.51. The number of thiazole rings is 1. The number of anilines is 1. The summed E-state index contributed by atoms with van der Waals surface area (Å²) in [5, 5.41) is 0.777. The summed E-state index contributed by atoms with van der Waals surface area (Å²) in [7, 11) is 0. The largest absolute Gasteiger partial charge is 0.302 e. The highest BCUT2D eigenvalue weighted by molar-refractivity contribution is 7.22. The van der Waals surface area contributed by atoms with Crippen molar-refractivity contribution >= 4 is 32.6 Å². The van der Waals surface area contributed by atoms with Gasteiger partial charge < -0.3 is 4.90 Å². The van der Waals surface area contributed by atoms with Crippen LogP contribution in [0.2, 0.25) is 0 Å². The van der Waals surface area contributed by atoms with Gasteiger partial charge in [0.1, 0.15) is 0 Å². The zero-order valence-corrected chi connectivity index (χ0v) is 17.1. The minimum atomic E-state index is 0.0116. The molecule has 142 valence electrons. The van der Waals surface area contributed by atoms with E-state index in [0.717, 1.165) is 41.4 Å². The summed E-state index contributed by atoms with van der Waals surface area (Å²) in [5.74, 6) is 0.0116. The molecule has 0 spiro atoms. The van der Waals surface area contributed by atoms with E-state index < -0.39 is 0 Å². The van der Waals surface area contributed by atoms with Crippen LogP contribution in [0.5, 0.6) is 0 Å². The number of rotatable bonds is 8. The highest BCUT2D eigenvalue weighted by Crippen LogP contribution is 2.30. The third kappa shape index (κ3) is 4.54. The van der Waals surface area contributed by atoms with Crippen LogP contribution in [0.15, 0.2) is 48.5 Å². The van der Waals surface area contributed by atoms with Gasteiger partial charge in [-0.05, 0) is 49.3 Å². The van der Waals surface area contributed by atoms with Gasteiger partial charge >= 0.3 is 0 Å². The summed E-state index contributed by atoms with van der Waals surface area (Å²) in [4.78, 5) is 22.1. The van der Waals surface area contributed by atoms with Crippen LogP contribution in [0, 0.1) is 0 Å². The first-order valence-electron chi connectivity index (χ1n) is 9.65. The van der Waals surface area contributed by atoms with Crippen LogP contribution in [0.25, 0.3) is 10.2 Å². The van der Waals surface area contributed by atoms with Crippen molar-refractivity contribution in [1.29, 1.82) is 0 Å². The molecule has 0 bridgehead atoms. The molecule has 0 N–H and O–H groups in total. The number of amides is 1. The fraction of sp³-hybridized carbons (Fsp3) is 0.364. The predicted octanol–water partition coefficient (Wildman–Crippen LogP) is 4.85. The minimum absolute atomic E-state index is 0.0116. The van der Waals surface area contributed by atoms with Gasteiger partial charge in [-0.1, -0.05) is 56.4 Å². The lowest BCUT2D eigenvalue weighted by molar-refractivity contribution is 0.0984. The molecule has 0 aliphatic heterocycles. The van der Waals surface area contributed by atoms with Crippen molar-refractivity contribution in [2.45, 2.75) is 27.2 Å². The number of carbonyl (C=O) groups is 1. The van der Waals surface area contributed by atoms with Gasteiger partial charge in [0.25, 0.3) is 5.91 Å². The van der Waals surface area contributed by atoms with Crippen LogP contribution in [0.1, 0.15) is 36.7 Å². The molecule has 0 aliphatic rings. The number of fused-ring (bicyclic) bond motifs is 1. The molecule has 0 radical (unpaired) electrons. The lowest BCUT2D eigenvalue weighted by atomic mass is 10.2. The summed E-state index contributed by atoms with van der Waals surface area (Å²) < 4.78 is 1.14. The summed E-state index contributed by atoms with van der Waals surface area (Å²) in [6, 6.07) is 15.8. The highest BCUT2D eigenvalue weighted by Gasteiger charge is 2.21. The zero-order valence-electron chi connectivity index (χ0n) is 16.3. The van der Waals surface area contributed by atoms with Crippen molar-refractivity contribution in [2.24, 2.45) is 0 Å². The Morgan fingerprint density at radius 1 is 1.00 bits per heavy atom. The SMILES string of the molecule is CCc1ccc2nc(N(CCN(CC)CC)C(=O)c3ccccc3)sc2c1. The number of benzene rings is 2. The first-order valence-corrected chi connectivity index (χ1v) is 10.5. The smallest absolute Gasteiger partial charge is 0.260 e. The van der Waals surface area contributed by atoms with Gasteiger partial charge in [0.05, 0.1) is 10.2 Å². The van der Waals surface area contributed by atoms with Gasteiger partial charge in [-0.15, -0.1) is 0 Å². The van der Waals surface area contributed by atoms with E-state index in [0.29, 0.717) is 12.1 Å². The molecule has 4 nitrogen and oxygen atoms in total. The molecule has 3 rings (SSSR count). The monoisotopic (exact) mass is 381 g/mol. The Balaban J connectivity index is 1.94. The molecule has 1 amide bonds. The maximum absolute atomic E-state index is 13.2. The first kappa shape index (κ1) is 19.5. The molecule has 1 aromatic heterocycles. The first-order chi connectivity index (χ1) is 13.2. The van der Waals surface area contributed by atoms with Crippen LogP contribution in [-0.4, -0.2) is 42.0 Å². The molecule has 1 heterocycles. The number of aryl methyl sites for hydroxylation is 1. The third-order valence-corrected chi connectivity index (χ3v) is 5.92. The molecule has 0 fully saturated rings. The van der Waals surface area contributed by atoms with Crippen LogP contribution >= 0.6 is 11.3 Å². The quantitative estimate of drug-likeness (QED) is 0.560. The number of aromatic nitrogens is 1. The van der Waals surface area contributed by atoms with Gasteiger partial charge in [-0.25, -0.2) is 4.98 Å². The van der Waals surface area contributed by atoms with Crippen LogP contribution in [0.4, 0.5) is 5.13 Å². The van der Waals surface area contributed by atoms with Gasteiger partial charge in [0.2, 0.25) is 0 Å². The molecule has 3 aromatic rings. The average molecular weight is 382 g/mol. The standard InChI is InChI=1S/C22H27N3OS/c1-4-17-12-13-19-20(16-17)27-22(23-19)25(15-14-24(5-2)6-3)21(26)18-10-8-7-9-11-18/h7-13,16H,4-6,14-15H2,1-3H3. The maximum atomic E-state index is 13.2. The van der Waals surface area contributed by atoms with Crippen molar-refractivity contribution in [3.63, 3.8) is 0 Å². The lowest BCUT2D eigenvalue weighted by Crippen LogP contribution is -2.38. The molecule has 5 heteroatoms. The molecule has 0 unspecified atom stereocenters. The van der Waals surface area contributed by atoms with Crippen LogP contribution in [0.3, 0.4) is 0 Å². The normalized spacial score (nSPS) is 11.3. The van der Waals surface area contributed by atoms with Crippen LogP contribution < -0.4 is 4.90 Å². The number of hydrogen-bond donors (Lipinski definition) is 0. The predicted molar refractivity (Wildman–Crippen MR) is 115 cm³/mol. The number of nitrogens with zero attached hydrogens (tertiary/aromatic N) is 3. The Morgan fingerprint density at radius 2 is 1.74 bits per heavy atom. The van der Waals surface area contributed by atoms with E-state index in [2.05, 4.69) is 43.9 Å². The lowest BCUT2D eigenvalue weighted by Gasteiger charge is -2.24. The average Bonchev–Trinajstić information content (AvgIpc) is 3.14. The molecule has 0 saturated carbocycles. The summed E-state index contributed by atoms with van der Waals surface area (Å²) in [6.45, 7) is 9.87. The summed E-state index contributed by atoms with van der Waals surface area (Å²) in [6.07, 6.45) is 0.998. The molecule has 2 aromatic carbocycles. The molecule has 0 saturated heterocycles. The Bertz CT molecular complexity index is 887. The van der Waals surface area contributed by atoms with E-state index in [9.17, 15) is 4.79 Å². The zero-order chi connectivity index (χ0) is 19.2. The molecule has 0 atom stereocenters. The van der Waals surface area contributed by atoms with Gasteiger partial charge in [0.15, 0.2) is 5.13 Å². The molecular weight excluding hydrogens is 354 g/mol. The van der Waals surface area contributed by atoms with Gasteiger partial charge in [-0.2, -0.15) is 0 Å². The van der Waals surface area contributed by atoms with E-state index in [1.54, 1.807) is 11.3 Å². The van der Waals surface area contributed by atoms with E-state index in [1.165, 1.54) is 5.56 Å². The molecule has 0 aliphatic carbocycles. The van der Waals surface area contributed by atoms with Crippen molar-refractivity contribution in [1.82, 2.24) is 9.88 Å². The van der Waals surface area contributed by atoms with Gasteiger partial charge in [0, 0.05) is 18.7 Å². The summed E-state index contributed by atoms with van der Waals surface area (Å²) >= 11 is 1.60. The second-order valence-electron chi connectivity index (χ2n) is 6.50. The van der Waals surface area contributed by atoms with E-state index in [-0.39, 0.29) is 5.91 Å². The fourth-order valence-electron chi connectivity index (χ4n) is 3.09.